The molecule has 168 valence electrons. The van der Waals surface area contributed by atoms with Crippen LogP contribution in [-0.2, 0) is 14.8 Å². The van der Waals surface area contributed by atoms with Crippen molar-refractivity contribution in [2.75, 3.05) is 25.1 Å². The third-order valence-electron chi connectivity index (χ3n) is 4.97. The molecule has 0 aliphatic carbocycles. The number of anilines is 1. The maximum absolute atomic E-state index is 13.5. The Morgan fingerprint density at radius 1 is 0.906 bits per heavy atom. The lowest BCUT2D eigenvalue weighted by molar-refractivity contribution is -0.120. The molecule has 1 N–H and O–H groups in total. The van der Waals surface area contributed by atoms with Crippen LogP contribution in [0.4, 0.5) is 5.69 Å². The van der Waals surface area contributed by atoms with Crippen LogP contribution in [0.15, 0.2) is 83.8 Å². The number of carbonyl (C=O) groups excluding carboxylic acids is 1. The van der Waals surface area contributed by atoms with Crippen LogP contribution in [0, 0.1) is 0 Å². The molecule has 3 rings (SSSR count). The average molecular weight is 455 g/mol. The molecule has 3 aromatic rings. The van der Waals surface area contributed by atoms with E-state index in [1.165, 1.54) is 26.4 Å². The number of carbonyl (C=O) groups is 1. The van der Waals surface area contributed by atoms with Crippen molar-refractivity contribution in [3.8, 4) is 11.5 Å². The number of nitrogens with one attached hydrogen (secondary N) is 1. The van der Waals surface area contributed by atoms with Crippen LogP contribution in [0.5, 0.6) is 11.5 Å². The van der Waals surface area contributed by atoms with E-state index in [0.717, 1.165) is 9.87 Å². The highest BCUT2D eigenvalue weighted by Gasteiger charge is 2.29. The zero-order valence-corrected chi connectivity index (χ0v) is 19.0. The minimum Gasteiger partial charge on any atom is -0.497 e. The van der Waals surface area contributed by atoms with Crippen LogP contribution in [0.2, 0.25) is 0 Å². The van der Waals surface area contributed by atoms with Gasteiger partial charge in [0.05, 0.1) is 30.8 Å². The Kier molecular flexibility index (Phi) is 7.37. The van der Waals surface area contributed by atoms with Crippen LogP contribution in [0.3, 0.4) is 0 Å². The number of ether oxygens (including phenoxy) is 2. The van der Waals surface area contributed by atoms with E-state index in [9.17, 15) is 13.2 Å². The zero-order valence-electron chi connectivity index (χ0n) is 18.2. The second kappa shape index (κ2) is 10.2. The second-order valence-corrected chi connectivity index (χ2v) is 8.92. The lowest BCUT2D eigenvalue weighted by Gasteiger charge is -2.26. The van der Waals surface area contributed by atoms with Gasteiger partial charge < -0.3 is 14.8 Å². The molecule has 0 saturated carbocycles. The second-order valence-electron chi connectivity index (χ2n) is 7.06. The Bertz CT molecular complexity index is 1150. The summed E-state index contributed by atoms with van der Waals surface area (Å²) in [6.45, 7) is 1.44. The van der Waals surface area contributed by atoms with Gasteiger partial charge in [0.15, 0.2) is 0 Å². The summed E-state index contributed by atoms with van der Waals surface area (Å²) in [6.07, 6.45) is 0. The number of sulfonamides is 1. The topological polar surface area (TPSA) is 84.9 Å². The van der Waals surface area contributed by atoms with Crippen molar-refractivity contribution >= 4 is 21.6 Å². The summed E-state index contributed by atoms with van der Waals surface area (Å²) in [5.41, 5.74) is 1.19. The summed E-state index contributed by atoms with van der Waals surface area (Å²) in [5.74, 6) is 0.431. The molecule has 0 saturated heterocycles. The van der Waals surface area contributed by atoms with E-state index in [1.54, 1.807) is 36.4 Å². The molecule has 32 heavy (non-hydrogen) atoms. The molecule has 8 heteroatoms. The predicted octanol–water partition coefficient (Wildman–Crippen LogP) is 3.78. The standard InChI is InChI=1S/C24H26N2O5S/c1-18(19-9-5-4-6-10-19)25-24(27)17-26(22-11-7-8-12-23(22)31-3)32(28,29)21-15-13-20(30-2)14-16-21/h4-16,18H,17H2,1-3H3,(H,25,27). The first kappa shape index (κ1) is 23.1. The van der Waals surface area contributed by atoms with Gasteiger partial charge in [-0.25, -0.2) is 8.42 Å². The molecule has 7 nitrogen and oxygen atoms in total. The molecular formula is C24H26N2O5S. The van der Waals surface area contributed by atoms with Crippen molar-refractivity contribution in [1.82, 2.24) is 5.32 Å². The summed E-state index contributed by atoms with van der Waals surface area (Å²) >= 11 is 0. The molecule has 0 heterocycles. The van der Waals surface area contributed by atoms with Gasteiger partial charge in [0.25, 0.3) is 10.0 Å². The van der Waals surface area contributed by atoms with Crippen LogP contribution in [0.25, 0.3) is 0 Å². The van der Waals surface area contributed by atoms with Gasteiger partial charge in [-0.15, -0.1) is 0 Å². The molecule has 0 spiro atoms. The Morgan fingerprint density at radius 2 is 1.53 bits per heavy atom. The summed E-state index contributed by atoms with van der Waals surface area (Å²) in [6, 6.07) is 21.9. The minimum atomic E-state index is -4.07. The first-order valence-electron chi connectivity index (χ1n) is 10.0. The first-order valence-corrected chi connectivity index (χ1v) is 11.4. The first-order chi connectivity index (χ1) is 15.4. The van der Waals surface area contributed by atoms with Gasteiger partial charge in [-0.05, 0) is 48.9 Å². The average Bonchev–Trinajstić information content (AvgIpc) is 2.83. The SMILES string of the molecule is COc1ccc(S(=O)(=O)N(CC(=O)NC(C)c2ccccc2)c2ccccc2OC)cc1. The molecule has 3 aromatic carbocycles. The minimum absolute atomic E-state index is 0.0353. The summed E-state index contributed by atoms with van der Waals surface area (Å²) in [5, 5.41) is 2.87. The fourth-order valence-corrected chi connectivity index (χ4v) is 4.68. The fraction of sp³-hybridized carbons (Fsp3) is 0.208. The molecular weight excluding hydrogens is 428 g/mol. The van der Waals surface area contributed by atoms with Gasteiger partial charge in [-0.1, -0.05) is 42.5 Å². The summed E-state index contributed by atoms with van der Waals surface area (Å²) in [4.78, 5) is 12.9. The van der Waals surface area contributed by atoms with Crippen molar-refractivity contribution < 1.29 is 22.7 Å². The Labute approximate surface area is 188 Å². The van der Waals surface area contributed by atoms with E-state index < -0.39 is 22.5 Å². The van der Waals surface area contributed by atoms with Crippen molar-refractivity contribution in [3.63, 3.8) is 0 Å². The number of hydrogen-bond donors (Lipinski definition) is 1. The number of para-hydroxylation sites is 2. The molecule has 0 aromatic heterocycles. The summed E-state index contributed by atoms with van der Waals surface area (Å²) < 4.78 is 38.6. The van der Waals surface area contributed by atoms with Crippen molar-refractivity contribution in [1.29, 1.82) is 0 Å². The molecule has 1 unspecified atom stereocenters. The van der Waals surface area contributed by atoms with Gasteiger partial charge in [0.2, 0.25) is 5.91 Å². The van der Waals surface area contributed by atoms with Crippen LogP contribution in [0.1, 0.15) is 18.5 Å². The fourth-order valence-electron chi connectivity index (χ4n) is 3.25. The third kappa shape index (κ3) is 5.20. The maximum Gasteiger partial charge on any atom is 0.264 e. The van der Waals surface area contributed by atoms with Gasteiger partial charge in [0, 0.05) is 0 Å². The van der Waals surface area contributed by atoms with Gasteiger partial charge in [0.1, 0.15) is 18.0 Å². The largest absolute Gasteiger partial charge is 0.497 e. The van der Waals surface area contributed by atoms with Crippen molar-refractivity contribution in [2.24, 2.45) is 0 Å². The predicted molar refractivity (Wildman–Crippen MR) is 124 cm³/mol. The van der Waals surface area contributed by atoms with E-state index in [1.807, 2.05) is 37.3 Å². The lowest BCUT2D eigenvalue weighted by Crippen LogP contribution is -2.41. The monoisotopic (exact) mass is 454 g/mol. The van der Waals surface area contributed by atoms with Gasteiger partial charge in [-0.3, -0.25) is 9.10 Å². The number of hydrogen-bond acceptors (Lipinski definition) is 5. The van der Waals surface area contributed by atoms with Gasteiger partial charge >= 0.3 is 0 Å². The lowest BCUT2D eigenvalue weighted by atomic mass is 10.1. The Morgan fingerprint density at radius 3 is 2.16 bits per heavy atom. The molecule has 0 fully saturated rings. The van der Waals surface area contributed by atoms with E-state index in [0.29, 0.717) is 11.5 Å². The number of amides is 1. The van der Waals surface area contributed by atoms with Crippen molar-refractivity contribution in [2.45, 2.75) is 17.9 Å². The highest BCUT2D eigenvalue weighted by Crippen LogP contribution is 2.32. The molecule has 0 aliphatic heterocycles. The van der Waals surface area contributed by atoms with E-state index in [4.69, 9.17) is 9.47 Å². The van der Waals surface area contributed by atoms with E-state index in [-0.39, 0.29) is 16.6 Å². The highest BCUT2D eigenvalue weighted by atomic mass is 32.2. The molecule has 1 amide bonds. The van der Waals surface area contributed by atoms with Gasteiger partial charge in [-0.2, -0.15) is 0 Å². The Balaban J connectivity index is 1.94. The Hall–Kier alpha value is -3.52. The molecule has 0 bridgehead atoms. The zero-order chi connectivity index (χ0) is 23.1. The normalized spacial score (nSPS) is 12.0. The highest BCUT2D eigenvalue weighted by molar-refractivity contribution is 7.92. The van der Waals surface area contributed by atoms with E-state index >= 15 is 0 Å². The van der Waals surface area contributed by atoms with Crippen LogP contribution < -0.4 is 19.1 Å². The quantitative estimate of drug-likeness (QED) is 0.532. The smallest absolute Gasteiger partial charge is 0.264 e. The molecule has 0 radical (unpaired) electrons. The van der Waals surface area contributed by atoms with Crippen LogP contribution in [-0.4, -0.2) is 35.1 Å². The van der Waals surface area contributed by atoms with Crippen molar-refractivity contribution in [3.05, 3.63) is 84.4 Å². The number of methoxy groups -OCH3 is 2. The number of rotatable bonds is 9. The maximum atomic E-state index is 13.5. The van der Waals surface area contributed by atoms with Crippen LogP contribution >= 0.6 is 0 Å². The summed E-state index contributed by atoms with van der Waals surface area (Å²) in [7, 11) is -1.11. The third-order valence-corrected chi connectivity index (χ3v) is 6.74. The number of benzene rings is 3. The molecule has 0 aliphatic rings. The number of nitrogens with zero attached hydrogens (tertiary/aromatic N) is 1. The van der Waals surface area contributed by atoms with E-state index in [2.05, 4.69) is 5.32 Å². The molecule has 1 atom stereocenters.